The first-order chi connectivity index (χ1) is 13.1. The maximum atomic E-state index is 4.62. The Balaban J connectivity index is 1.58. The molecule has 0 radical (unpaired) electrons. The van der Waals surface area contributed by atoms with Crippen LogP contribution in [0.4, 0.5) is 5.82 Å². The number of nitrogens with one attached hydrogen (secondary N) is 1. The van der Waals surface area contributed by atoms with Crippen LogP contribution in [0.1, 0.15) is 37.4 Å². The lowest BCUT2D eigenvalue weighted by Gasteiger charge is -2.11. The Bertz CT molecular complexity index is 1090. The number of aryl methyl sites for hydroxylation is 1. The van der Waals surface area contributed by atoms with E-state index in [2.05, 4.69) is 91.5 Å². The molecule has 140 valence electrons. The van der Waals surface area contributed by atoms with Gasteiger partial charge in [-0.25, -0.2) is 9.97 Å². The molecule has 6 heteroatoms. The number of hydrogen-bond donors (Lipinski definition) is 1. The average Bonchev–Trinajstić information content (AvgIpc) is 3.23. The third-order valence-corrected chi connectivity index (χ3v) is 5.66. The molecule has 0 spiro atoms. The van der Waals surface area contributed by atoms with Crippen molar-refractivity contribution in [1.82, 2.24) is 18.9 Å². The molecule has 3 aromatic heterocycles. The minimum Gasteiger partial charge on any atom is -0.367 e. The Morgan fingerprint density at radius 1 is 1.22 bits per heavy atom. The predicted octanol–water partition coefficient (Wildman–Crippen LogP) is 5.15. The summed E-state index contributed by atoms with van der Waals surface area (Å²) < 4.78 is 5.14. The smallest absolute Gasteiger partial charge is 0.180 e. The number of nitrogens with zero attached hydrogens (tertiary/aromatic N) is 4. The van der Waals surface area contributed by atoms with Crippen LogP contribution in [0.25, 0.3) is 16.6 Å². The van der Waals surface area contributed by atoms with Gasteiger partial charge in [0.05, 0.1) is 0 Å². The van der Waals surface area contributed by atoms with Gasteiger partial charge in [-0.15, -0.1) is 0 Å². The summed E-state index contributed by atoms with van der Waals surface area (Å²) in [6, 6.07) is 8.53. The number of benzene rings is 1. The van der Waals surface area contributed by atoms with Crippen molar-refractivity contribution in [3.8, 4) is 0 Å². The van der Waals surface area contributed by atoms with E-state index in [1.54, 1.807) is 0 Å². The van der Waals surface area contributed by atoms with Crippen molar-refractivity contribution in [2.24, 2.45) is 7.05 Å². The lowest BCUT2D eigenvalue weighted by molar-refractivity contribution is 0.699. The van der Waals surface area contributed by atoms with Crippen molar-refractivity contribution in [1.29, 1.82) is 0 Å². The van der Waals surface area contributed by atoms with E-state index in [-0.39, 0.29) is 0 Å². The fraction of sp³-hybridized carbons (Fsp3) is 0.333. The molecular weight excluding hydrogens is 402 g/mol. The SMILES string of the molecule is CCC(C)c1cnc2c(NCCc3cn(C)c4ccccc34)nc(Br)cn12. The van der Waals surface area contributed by atoms with Gasteiger partial charge in [-0.1, -0.05) is 32.0 Å². The topological polar surface area (TPSA) is 47.2 Å². The first-order valence-electron chi connectivity index (χ1n) is 9.38. The highest BCUT2D eigenvalue weighted by molar-refractivity contribution is 9.10. The molecule has 4 aromatic rings. The van der Waals surface area contributed by atoms with E-state index in [0.29, 0.717) is 5.92 Å². The molecule has 0 amide bonds. The standard InChI is InChI=1S/C21H24BrN5/c1-4-14(2)18-11-24-21-20(25-19(22)13-27(18)21)23-10-9-15-12-26(3)17-8-6-5-7-16(15)17/h5-8,11-14H,4,9-10H2,1-3H3,(H,23,25). The van der Waals surface area contributed by atoms with E-state index in [1.165, 1.54) is 22.2 Å². The Morgan fingerprint density at radius 3 is 2.85 bits per heavy atom. The number of anilines is 1. The van der Waals surface area contributed by atoms with E-state index in [0.717, 1.165) is 35.5 Å². The van der Waals surface area contributed by atoms with Gasteiger partial charge in [0.25, 0.3) is 0 Å². The van der Waals surface area contributed by atoms with Crippen molar-refractivity contribution in [3.05, 3.63) is 58.7 Å². The lowest BCUT2D eigenvalue weighted by Crippen LogP contribution is -2.09. The molecule has 0 saturated heterocycles. The number of halogens is 1. The van der Waals surface area contributed by atoms with E-state index < -0.39 is 0 Å². The summed E-state index contributed by atoms with van der Waals surface area (Å²) in [6.45, 7) is 5.23. The first-order valence-corrected chi connectivity index (χ1v) is 10.2. The van der Waals surface area contributed by atoms with E-state index in [1.807, 2.05) is 12.4 Å². The monoisotopic (exact) mass is 425 g/mol. The highest BCUT2D eigenvalue weighted by Crippen LogP contribution is 2.25. The molecule has 1 unspecified atom stereocenters. The molecule has 1 atom stereocenters. The van der Waals surface area contributed by atoms with Gasteiger partial charge in [0.1, 0.15) is 4.60 Å². The summed E-state index contributed by atoms with van der Waals surface area (Å²) in [7, 11) is 2.10. The first kappa shape index (κ1) is 18.0. The molecule has 27 heavy (non-hydrogen) atoms. The van der Waals surface area contributed by atoms with Crippen molar-refractivity contribution < 1.29 is 0 Å². The fourth-order valence-electron chi connectivity index (χ4n) is 3.61. The van der Waals surface area contributed by atoms with Crippen molar-refractivity contribution in [2.45, 2.75) is 32.6 Å². The van der Waals surface area contributed by atoms with Gasteiger partial charge in [0, 0.05) is 48.8 Å². The van der Waals surface area contributed by atoms with Crippen molar-refractivity contribution in [2.75, 3.05) is 11.9 Å². The Hall–Kier alpha value is -2.34. The quantitative estimate of drug-likeness (QED) is 0.464. The number of fused-ring (bicyclic) bond motifs is 2. The molecular formula is C21H24BrN5. The zero-order valence-electron chi connectivity index (χ0n) is 15.9. The van der Waals surface area contributed by atoms with E-state index >= 15 is 0 Å². The van der Waals surface area contributed by atoms with Crippen LogP contribution in [0.15, 0.2) is 47.5 Å². The summed E-state index contributed by atoms with van der Waals surface area (Å²) in [4.78, 5) is 9.24. The third-order valence-electron chi connectivity index (χ3n) is 5.28. The van der Waals surface area contributed by atoms with Crippen LogP contribution in [-0.4, -0.2) is 25.5 Å². The zero-order valence-corrected chi connectivity index (χ0v) is 17.5. The predicted molar refractivity (Wildman–Crippen MR) is 115 cm³/mol. The molecule has 3 heterocycles. The highest BCUT2D eigenvalue weighted by atomic mass is 79.9. The molecule has 0 aliphatic rings. The molecule has 0 bridgehead atoms. The van der Waals surface area contributed by atoms with Crippen LogP contribution >= 0.6 is 15.9 Å². The summed E-state index contributed by atoms with van der Waals surface area (Å²) in [5, 5.41) is 4.80. The second-order valence-corrected chi connectivity index (χ2v) is 7.87. The number of rotatable bonds is 6. The second kappa shape index (κ2) is 7.35. The van der Waals surface area contributed by atoms with Gasteiger partial charge in [-0.05, 0) is 46.3 Å². The Kier molecular flexibility index (Phi) is 4.91. The van der Waals surface area contributed by atoms with Crippen LogP contribution in [0.2, 0.25) is 0 Å². The molecule has 0 saturated carbocycles. The summed E-state index contributed by atoms with van der Waals surface area (Å²) >= 11 is 3.54. The summed E-state index contributed by atoms with van der Waals surface area (Å²) in [5.74, 6) is 1.27. The minimum absolute atomic E-state index is 0.456. The molecule has 0 aliphatic carbocycles. The third kappa shape index (κ3) is 3.34. The average molecular weight is 426 g/mol. The van der Waals surface area contributed by atoms with Crippen LogP contribution in [0, 0.1) is 0 Å². The molecule has 5 nitrogen and oxygen atoms in total. The Morgan fingerprint density at radius 2 is 2.04 bits per heavy atom. The minimum atomic E-state index is 0.456. The van der Waals surface area contributed by atoms with Gasteiger partial charge in [0.2, 0.25) is 0 Å². The largest absolute Gasteiger partial charge is 0.367 e. The molecule has 0 fully saturated rings. The van der Waals surface area contributed by atoms with Crippen LogP contribution in [0.5, 0.6) is 0 Å². The fourth-order valence-corrected chi connectivity index (χ4v) is 3.99. The number of hydrogen-bond acceptors (Lipinski definition) is 3. The van der Waals surface area contributed by atoms with Gasteiger partial charge >= 0.3 is 0 Å². The van der Waals surface area contributed by atoms with Gasteiger partial charge in [0.15, 0.2) is 11.5 Å². The van der Waals surface area contributed by atoms with Crippen LogP contribution in [0.3, 0.4) is 0 Å². The molecule has 4 rings (SSSR count). The summed E-state index contributed by atoms with van der Waals surface area (Å²) in [5.41, 5.74) is 4.70. The van der Waals surface area contributed by atoms with Gasteiger partial charge < -0.3 is 9.88 Å². The molecule has 1 aromatic carbocycles. The van der Waals surface area contributed by atoms with Crippen LogP contribution in [-0.2, 0) is 13.5 Å². The number of imidazole rings is 1. The molecule has 0 aliphatic heterocycles. The molecule has 1 N–H and O–H groups in total. The van der Waals surface area contributed by atoms with E-state index in [4.69, 9.17) is 0 Å². The number of aromatic nitrogens is 4. The van der Waals surface area contributed by atoms with Crippen molar-refractivity contribution in [3.63, 3.8) is 0 Å². The zero-order chi connectivity index (χ0) is 19.0. The second-order valence-electron chi connectivity index (χ2n) is 7.06. The summed E-state index contributed by atoms with van der Waals surface area (Å²) in [6.07, 6.45) is 8.19. The number of para-hydroxylation sites is 1. The highest BCUT2D eigenvalue weighted by Gasteiger charge is 2.14. The van der Waals surface area contributed by atoms with E-state index in [9.17, 15) is 0 Å². The van der Waals surface area contributed by atoms with Gasteiger partial charge in [-0.2, -0.15) is 0 Å². The van der Waals surface area contributed by atoms with Crippen LogP contribution < -0.4 is 5.32 Å². The maximum absolute atomic E-state index is 4.62. The maximum Gasteiger partial charge on any atom is 0.180 e. The normalized spacial score (nSPS) is 12.7. The Labute approximate surface area is 167 Å². The van der Waals surface area contributed by atoms with Crippen molar-refractivity contribution >= 4 is 38.3 Å². The lowest BCUT2D eigenvalue weighted by atomic mass is 10.1. The van der Waals surface area contributed by atoms with Gasteiger partial charge in [-0.3, -0.25) is 4.40 Å².